The lowest BCUT2D eigenvalue weighted by Gasteiger charge is -2.47. The molecule has 4 heteroatoms. The number of piperidine rings is 2. The number of H-pyrrole nitrogens is 1. The molecular weight excluding hydrogens is 224 g/mol. The summed E-state index contributed by atoms with van der Waals surface area (Å²) in [6.45, 7) is 2.22. The second-order valence-electron chi connectivity index (χ2n) is 5.97. The monoisotopic (exact) mass is 248 g/mol. The molecule has 100 valence electrons. The lowest BCUT2D eigenvalue weighted by atomic mass is 9.82. The third kappa shape index (κ3) is 2.31. The van der Waals surface area contributed by atoms with Gasteiger partial charge in [0.15, 0.2) is 0 Å². The number of nitrogens with zero attached hydrogens (tertiary/aromatic N) is 2. The molecule has 1 aromatic rings. The van der Waals surface area contributed by atoms with Gasteiger partial charge in [0, 0.05) is 30.4 Å². The van der Waals surface area contributed by atoms with Crippen molar-refractivity contribution >= 4 is 0 Å². The molecule has 0 aromatic carbocycles. The zero-order chi connectivity index (χ0) is 12.5. The van der Waals surface area contributed by atoms with Gasteiger partial charge in [-0.05, 0) is 45.7 Å². The van der Waals surface area contributed by atoms with Crippen LogP contribution in [0, 0.1) is 0 Å². The van der Waals surface area contributed by atoms with E-state index in [1.807, 2.05) is 6.20 Å². The molecule has 3 unspecified atom stereocenters. The van der Waals surface area contributed by atoms with E-state index in [4.69, 9.17) is 0 Å². The highest BCUT2D eigenvalue weighted by Gasteiger charge is 2.36. The summed E-state index contributed by atoms with van der Waals surface area (Å²) in [5.74, 6) is 0. The van der Waals surface area contributed by atoms with Gasteiger partial charge in [0.2, 0.25) is 0 Å². The van der Waals surface area contributed by atoms with Crippen molar-refractivity contribution in [3.8, 4) is 0 Å². The molecule has 0 radical (unpaired) electrons. The molecule has 2 N–H and O–H groups in total. The van der Waals surface area contributed by atoms with Crippen molar-refractivity contribution in [3.63, 3.8) is 0 Å². The first-order chi connectivity index (χ1) is 8.74. The molecule has 18 heavy (non-hydrogen) atoms. The Balaban J connectivity index is 1.61. The summed E-state index contributed by atoms with van der Waals surface area (Å²) in [5, 5.41) is 10.9. The van der Waals surface area contributed by atoms with Gasteiger partial charge in [0.05, 0.1) is 5.69 Å². The van der Waals surface area contributed by atoms with Crippen LogP contribution in [0.3, 0.4) is 0 Å². The number of hydrogen-bond donors (Lipinski definition) is 2. The van der Waals surface area contributed by atoms with Crippen LogP contribution in [0.15, 0.2) is 12.3 Å². The summed E-state index contributed by atoms with van der Waals surface area (Å²) in [4.78, 5) is 2.61. The predicted molar refractivity (Wildman–Crippen MR) is 72.4 cm³/mol. The van der Waals surface area contributed by atoms with Crippen LogP contribution in [-0.2, 0) is 0 Å². The summed E-state index contributed by atoms with van der Waals surface area (Å²) in [7, 11) is 2.31. The second kappa shape index (κ2) is 5.02. The molecule has 0 saturated carbocycles. The quantitative estimate of drug-likeness (QED) is 0.860. The van der Waals surface area contributed by atoms with Gasteiger partial charge in [-0.3, -0.25) is 5.10 Å². The summed E-state index contributed by atoms with van der Waals surface area (Å²) >= 11 is 0. The van der Waals surface area contributed by atoms with Crippen LogP contribution in [0.1, 0.15) is 50.8 Å². The van der Waals surface area contributed by atoms with Gasteiger partial charge in [-0.1, -0.05) is 6.42 Å². The minimum Gasteiger partial charge on any atom is -0.306 e. The van der Waals surface area contributed by atoms with E-state index in [1.165, 1.54) is 37.8 Å². The van der Waals surface area contributed by atoms with Gasteiger partial charge in [-0.25, -0.2) is 0 Å². The first kappa shape index (κ1) is 12.2. The fourth-order valence-corrected chi connectivity index (χ4v) is 3.70. The van der Waals surface area contributed by atoms with Crippen molar-refractivity contribution in [1.29, 1.82) is 0 Å². The maximum atomic E-state index is 4.03. The second-order valence-corrected chi connectivity index (χ2v) is 5.97. The van der Waals surface area contributed by atoms with Gasteiger partial charge in [-0.2, -0.15) is 5.10 Å². The molecule has 0 aliphatic carbocycles. The number of aromatic amines is 1. The molecule has 4 nitrogen and oxygen atoms in total. The van der Waals surface area contributed by atoms with Crippen molar-refractivity contribution in [2.45, 2.75) is 63.2 Å². The Morgan fingerprint density at radius 2 is 2.11 bits per heavy atom. The molecule has 3 heterocycles. The SMILES string of the molecule is CC(NC1CC2CCCC(C1)N2C)c1ccn[nH]1. The number of hydrogen-bond acceptors (Lipinski definition) is 3. The van der Waals surface area contributed by atoms with Crippen molar-refractivity contribution in [3.05, 3.63) is 18.0 Å². The Morgan fingerprint density at radius 1 is 1.39 bits per heavy atom. The van der Waals surface area contributed by atoms with Crippen LogP contribution in [-0.4, -0.2) is 40.3 Å². The minimum atomic E-state index is 0.377. The average Bonchev–Trinajstić information content (AvgIpc) is 2.84. The smallest absolute Gasteiger partial charge is 0.0518 e. The van der Waals surface area contributed by atoms with Crippen LogP contribution in [0.4, 0.5) is 0 Å². The molecule has 2 aliphatic rings. The normalized spacial score (nSPS) is 34.4. The lowest BCUT2D eigenvalue weighted by molar-refractivity contribution is 0.0461. The fraction of sp³-hybridized carbons (Fsp3) is 0.786. The minimum absolute atomic E-state index is 0.377. The molecule has 3 rings (SSSR count). The zero-order valence-corrected chi connectivity index (χ0v) is 11.4. The van der Waals surface area contributed by atoms with Crippen molar-refractivity contribution in [2.75, 3.05) is 7.05 Å². The van der Waals surface area contributed by atoms with Crippen LogP contribution < -0.4 is 5.32 Å². The molecule has 0 spiro atoms. The van der Waals surface area contributed by atoms with E-state index in [0.717, 1.165) is 12.1 Å². The summed E-state index contributed by atoms with van der Waals surface area (Å²) in [5.41, 5.74) is 1.19. The number of aromatic nitrogens is 2. The predicted octanol–water partition coefficient (Wildman–Crippen LogP) is 2.08. The Bertz CT molecular complexity index is 361. The third-order valence-electron chi connectivity index (χ3n) is 4.81. The molecular formula is C14H24N4. The zero-order valence-electron chi connectivity index (χ0n) is 11.4. The molecule has 0 amide bonds. The Labute approximate surface area is 109 Å². The number of nitrogens with one attached hydrogen (secondary N) is 2. The maximum Gasteiger partial charge on any atom is 0.0518 e. The lowest BCUT2D eigenvalue weighted by Crippen LogP contribution is -2.54. The van der Waals surface area contributed by atoms with E-state index in [2.05, 4.69) is 40.5 Å². The molecule has 1 aromatic heterocycles. The third-order valence-corrected chi connectivity index (χ3v) is 4.81. The van der Waals surface area contributed by atoms with Gasteiger partial charge in [0.25, 0.3) is 0 Å². The maximum absolute atomic E-state index is 4.03. The molecule has 3 atom stereocenters. The molecule has 2 bridgehead atoms. The van der Waals surface area contributed by atoms with E-state index in [0.29, 0.717) is 12.1 Å². The highest BCUT2D eigenvalue weighted by Crippen LogP contribution is 2.33. The number of fused-ring (bicyclic) bond motifs is 2. The van der Waals surface area contributed by atoms with Crippen LogP contribution >= 0.6 is 0 Å². The highest BCUT2D eigenvalue weighted by molar-refractivity contribution is 5.04. The average molecular weight is 248 g/mol. The Morgan fingerprint density at radius 3 is 2.72 bits per heavy atom. The van der Waals surface area contributed by atoms with E-state index in [9.17, 15) is 0 Å². The van der Waals surface area contributed by atoms with Gasteiger partial charge in [-0.15, -0.1) is 0 Å². The standard InChI is InChI=1S/C14H24N4/c1-10(14-6-7-15-17-14)16-11-8-12-4-3-5-13(9-11)18(12)2/h6-7,10-13,16H,3-5,8-9H2,1-2H3,(H,15,17). The topological polar surface area (TPSA) is 44.0 Å². The summed E-state index contributed by atoms with van der Waals surface area (Å²) < 4.78 is 0. The van der Waals surface area contributed by atoms with Gasteiger partial charge < -0.3 is 10.2 Å². The molecule has 2 aliphatic heterocycles. The van der Waals surface area contributed by atoms with Crippen LogP contribution in [0.25, 0.3) is 0 Å². The van der Waals surface area contributed by atoms with E-state index >= 15 is 0 Å². The Kier molecular flexibility index (Phi) is 3.39. The summed E-state index contributed by atoms with van der Waals surface area (Å²) in [6, 6.07) is 4.69. The van der Waals surface area contributed by atoms with Crippen molar-refractivity contribution in [2.24, 2.45) is 0 Å². The fourth-order valence-electron chi connectivity index (χ4n) is 3.70. The van der Waals surface area contributed by atoms with Crippen molar-refractivity contribution < 1.29 is 0 Å². The van der Waals surface area contributed by atoms with Gasteiger partial charge >= 0.3 is 0 Å². The number of rotatable bonds is 3. The van der Waals surface area contributed by atoms with Crippen LogP contribution in [0.5, 0.6) is 0 Å². The van der Waals surface area contributed by atoms with E-state index in [1.54, 1.807) is 0 Å². The molecule has 2 fully saturated rings. The van der Waals surface area contributed by atoms with E-state index in [-0.39, 0.29) is 0 Å². The van der Waals surface area contributed by atoms with Crippen LogP contribution in [0.2, 0.25) is 0 Å². The highest BCUT2D eigenvalue weighted by atomic mass is 15.2. The first-order valence-corrected chi connectivity index (χ1v) is 7.21. The van der Waals surface area contributed by atoms with Crippen molar-refractivity contribution in [1.82, 2.24) is 20.4 Å². The Hall–Kier alpha value is -0.870. The molecule has 2 saturated heterocycles. The van der Waals surface area contributed by atoms with Gasteiger partial charge in [0.1, 0.15) is 0 Å². The first-order valence-electron chi connectivity index (χ1n) is 7.21. The largest absolute Gasteiger partial charge is 0.306 e. The van der Waals surface area contributed by atoms with E-state index < -0.39 is 0 Å². The summed E-state index contributed by atoms with van der Waals surface area (Å²) in [6.07, 6.45) is 8.60.